The molecule has 0 aliphatic rings. The summed E-state index contributed by atoms with van der Waals surface area (Å²) < 4.78 is 0. The monoisotopic (exact) mass is 227 g/mol. The summed E-state index contributed by atoms with van der Waals surface area (Å²) >= 11 is 0. The van der Waals surface area contributed by atoms with E-state index in [1.54, 1.807) is 0 Å². The first-order chi connectivity index (χ1) is 7.84. The van der Waals surface area contributed by atoms with E-state index in [2.05, 4.69) is 61.5 Å². The molecular formula is C15H16P. The van der Waals surface area contributed by atoms with Gasteiger partial charge in [-0.1, -0.05) is 60.2 Å². The van der Waals surface area contributed by atoms with Crippen LogP contribution < -0.4 is 5.30 Å². The molecule has 0 spiro atoms. The van der Waals surface area contributed by atoms with Crippen molar-refractivity contribution in [1.29, 1.82) is 0 Å². The Kier molecular flexibility index (Phi) is 4.13. The molecule has 0 saturated carbocycles. The molecule has 0 nitrogen and oxygen atoms in total. The molecule has 0 unspecified atom stereocenters. The van der Waals surface area contributed by atoms with Crippen LogP contribution in [-0.2, 0) is 6.42 Å². The van der Waals surface area contributed by atoms with Crippen LogP contribution in [0, 0.1) is 6.92 Å². The molecule has 0 fully saturated rings. The quantitative estimate of drug-likeness (QED) is 0.697. The van der Waals surface area contributed by atoms with Crippen molar-refractivity contribution in [1.82, 2.24) is 0 Å². The van der Waals surface area contributed by atoms with Crippen LogP contribution in [0.25, 0.3) is 0 Å². The lowest BCUT2D eigenvalue weighted by Gasteiger charge is -2.02. The van der Waals surface area contributed by atoms with Crippen LogP contribution in [0.5, 0.6) is 0 Å². The Bertz CT molecular complexity index is 417. The van der Waals surface area contributed by atoms with Gasteiger partial charge in [0, 0.05) is 0 Å². The summed E-state index contributed by atoms with van der Waals surface area (Å²) in [4.78, 5) is 0. The largest absolute Gasteiger partial charge is 0.0622 e. The minimum absolute atomic E-state index is 1.16. The van der Waals surface area contributed by atoms with Crippen molar-refractivity contribution in [3.63, 3.8) is 0 Å². The third-order valence-electron chi connectivity index (χ3n) is 2.57. The number of benzene rings is 2. The fraction of sp³-hybridized carbons (Fsp3) is 0.200. The predicted molar refractivity (Wildman–Crippen MR) is 72.7 cm³/mol. The zero-order valence-electron chi connectivity index (χ0n) is 9.56. The molecule has 0 N–H and O–H groups in total. The average molecular weight is 227 g/mol. The lowest BCUT2D eigenvalue weighted by Crippen LogP contribution is -1.96. The fourth-order valence-corrected chi connectivity index (χ4v) is 2.60. The van der Waals surface area contributed by atoms with Gasteiger partial charge in [-0.05, 0) is 39.0 Å². The molecule has 0 aliphatic heterocycles. The van der Waals surface area contributed by atoms with Crippen molar-refractivity contribution in [3.8, 4) is 0 Å². The molecular weight excluding hydrogens is 211 g/mol. The molecule has 1 heteroatoms. The highest BCUT2D eigenvalue weighted by Crippen LogP contribution is 2.13. The second-order valence-electron chi connectivity index (χ2n) is 3.95. The maximum absolute atomic E-state index is 2.22. The Morgan fingerprint density at radius 1 is 0.875 bits per heavy atom. The van der Waals surface area contributed by atoms with Crippen LogP contribution in [0.1, 0.15) is 11.1 Å². The molecule has 1 radical (unpaired) electrons. The highest BCUT2D eigenvalue weighted by Gasteiger charge is 1.95. The molecule has 0 saturated heterocycles. The number of rotatable bonds is 4. The van der Waals surface area contributed by atoms with Gasteiger partial charge in [-0.2, -0.15) is 0 Å². The normalized spacial score (nSPS) is 11.1. The van der Waals surface area contributed by atoms with Crippen LogP contribution in [-0.4, -0.2) is 6.16 Å². The van der Waals surface area contributed by atoms with Crippen molar-refractivity contribution in [2.45, 2.75) is 13.3 Å². The molecule has 0 bridgehead atoms. The van der Waals surface area contributed by atoms with E-state index in [4.69, 9.17) is 0 Å². The van der Waals surface area contributed by atoms with Crippen molar-refractivity contribution in [2.24, 2.45) is 0 Å². The van der Waals surface area contributed by atoms with E-state index in [1.165, 1.54) is 31.2 Å². The molecule has 2 aromatic carbocycles. The van der Waals surface area contributed by atoms with E-state index < -0.39 is 0 Å². The summed E-state index contributed by atoms with van der Waals surface area (Å²) in [6.07, 6.45) is 2.36. The molecule has 2 aromatic rings. The Balaban J connectivity index is 1.82. The smallest absolute Gasteiger partial charge is 0.0193 e. The van der Waals surface area contributed by atoms with Gasteiger partial charge in [-0.15, -0.1) is 0 Å². The lowest BCUT2D eigenvalue weighted by atomic mass is 10.2. The number of hydrogen-bond donors (Lipinski definition) is 0. The molecule has 16 heavy (non-hydrogen) atoms. The standard InChI is InChI=1S/C15H16P/c1-13-7-9-15(10-8-13)16-12-11-14-5-3-2-4-6-14/h2-10H,11-12H2,1H3. The van der Waals surface area contributed by atoms with E-state index in [0.717, 1.165) is 6.42 Å². The highest BCUT2D eigenvalue weighted by atomic mass is 31.1. The van der Waals surface area contributed by atoms with Crippen molar-refractivity contribution >= 4 is 13.9 Å². The maximum atomic E-state index is 2.22. The Labute approximate surface area is 99.5 Å². The van der Waals surface area contributed by atoms with Gasteiger partial charge in [0.25, 0.3) is 0 Å². The number of hydrogen-bond acceptors (Lipinski definition) is 0. The highest BCUT2D eigenvalue weighted by molar-refractivity contribution is 7.47. The van der Waals surface area contributed by atoms with Crippen LogP contribution in [0.4, 0.5) is 0 Å². The first kappa shape index (κ1) is 11.4. The van der Waals surface area contributed by atoms with E-state index in [-0.39, 0.29) is 0 Å². The molecule has 81 valence electrons. The molecule has 0 atom stereocenters. The Morgan fingerprint density at radius 2 is 1.56 bits per heavy atom. The minimum atomic E-state index is 1.16. The molecule has 0 heterocycles. The third kappa shape index (κ3) is 3.47. The van der Waals surface area contributed by atoms with Crippen LogP contribution >= 0.6 is 8.58 Å². The second kappa shape index (κ2) is 5.82. The first-order valence-corrected chi connectivity index (χ1v) is 6.71. The summed E-state index contributed by atoms with van der Waals surface area (Å²) in [5.41, 5.74) is 2.77. The van der Waals surface area contributed by atoms with E-state index in [1.807, 2.05) is 0 Å². The Hall–Kier alpha value is -1.13. The van der Waals surface area contributed by atoms with Crippen molar-refractivity contribution in [2.75, 3.05) is 6.16 Å². The van der Waals surface area contributed by atoms with E-state index in [9.17, 15) is 0 Å². The zero-order valence-corrected chi connectivity index (χ0v) is 10.5. The number of aryl methyl sites for hydroxylation is 2. The lowest BCUT2D eigenvalue weighted by molar-refractivity contribution is 1.16. The average Bonchev–Trinajstić information content (AvgIpc) is 2.33. The first-order valence-electron chi connectivity index (χ1n) is 5.63. The van der Waals surface area contributed by atoms with E-state index >= 15 is 0 Å². The van der Waals surface area contributed by atoms with Gasteiger partial charge >= 0.3 is 0 Å². The fourth-order valence-electron chi connectivity index (χ4n) is 1.61. The van der Waals surface area contributed by atoms with Gasteiger partial charge < -0.3 is 0 Å². The Morgan fingerprint density at radius 3 is 2.25 bits per heavy atom. The van der Waals surface area contributed by atoms with Crippen LogP contribution in [0.15, 0.2) is 54.6 Å². The van der Waals surface area contributed by atoms with Gasteiger partial charge in [0.1, 0.15) is 0 Å². The zero-order chi connectivity index (χ0) is 11.2. The van der Waals surface area contributed by atoms with Gasteiger partial charge in [0.2, 0.25) is 0 Å². The molecule has 2 rings (SSSR count). The van der Waals surface area contributed by atoms with Crippen LogP contribution in [0.3, 0.4) is 0 Å². The molecule has 0 amide bonds. The van der Waals surface area contributed by atoms with Crippen LogP contribution in [0.2, 0.25) is 0 Å². The maximum Gasteiger partial charge on any atom is -0.0193 e. The topological polar surface area (TPSA) is 0 Å². The summed E-state index contributed by atoms with van der Waals surface area (Å²) in [7, 11) is 1.43. The molecule has 0 aliphatic carbocycles. The van der Waals surface area contributed by atoms with Gasteiger partial charge in [-0.3, -0.25) is 0 Å². The second-order valence-corrected chi connectivity index (χ2v) is 5.23. The van der Waals surface area contributed by atoms with E-state index in [0.29, 0.717) is 0 Å². The third-order valence-corrected chi connectivity index (χ3v) is 3.68. The van der Waals surface area contributed by atoms with Gasteiger partial charge in [0.05, 0.1) is 0 Å². The van der Waals surface area contributed by atoms with Crippen molar-refractivity contribution < 1.29 is 0 Å². The summed E-state index contributed by atoms with van der Waals surface area (Å²) in [6, 6.07) is 19.5. The van der Waals surface area contributed by atoms with Gasteiger partial charge in [0.15, 0.2) is 0 Å². The van der Waals surface area contributed by atoms with Gasteiger partial charge in [-0.25, -0.2) is 0 Å². The summed E-state index contributed by atoms with van der Waals surface area (Å²) in [6.45, 7) is 2.13. The van der Waals surface area contributed by atoms with Crippen molar-refractivity contribution in [3.05, 3.63) is 65.7 Å². The summed E-state index contributed by atoms with van der Waals surface area (Å²) in [5.74, 6) is 0. The summed E-state index contributed by atoms with van der Waals surface area (Å²) in [5, 5.41) is 1.42. The minimum Gasteiger partial charge on any atom is -0.0622 e. The SMILES string of the molecule is Cc1ccc([P]CCc2ccccc2)cc1. The predicted octanol–water partition coefficient (Wildman–Crippen LogP) is 3.81. The molecule has 0 aromatic heterocycles.